The molecule has 0 fully saturated rings. The Labute approximate surface area is 79.3 Å². The van der Waals surface area contributed by atoms with E-state index in [1.165, 1.54) is 4.57 Å². The molecule has 1 aromatic rings. The van der Waals surface area contributed by atoms with Crippen LogP contribution in [0.5, 0.6) is 0 Å². The Bertz CT molecular complexity index is 303. The van der Waals surface area contributed by atoms with Gasteiger partial charge >= 0.3 is 6.18 Å². The van der Waals surface area contributed by atoms with Crippen molar-refractivity contribution in [3.63, 3.8) is 0 Å². The third-order valence-corrected chi connectivity index (χ3v) is 1.84. The molecule has 0 saturated carbocycles. The molecular weight excluding hydrogens is 195 g/mol. The van der Waals surface area contributed by atoms with Gasteiger partial charge in [0.2, 0.25) is 0 Å². The molecule has 1 heterocycles. The number of alkyl halides is 3. The van der Waals surface area contributed by atoms with Crippen molar-refractivity contribution in [1.29, 1.82) is 0 Å². The van der Waals surface area contributed by atoms with Crippen LogP contribution in [0.15, 0.2) is 18.3 Å². The maximum absolute atomic E-state index is 11.8. The molecule has 0 aromatic carbocycles. The van der Waals surface area contributed by atoms with Gasteiger partial charge in [0.05, 0.1) is 5.69 Å². The summed E-state index contributed by atoms with van der Waals surface area (Å²) in [6.07, 6.45) is -2.70. The molecule has 0 unspecified atom stereocenters. The van der Waals surface area contributed by atoms with E-state index in [-0.39, 0.29) is 13.0 Å². The molecule has 0 aliphatic rings. The van der Waals surface area contributed by atoms with Crippen molar-refractivity contribution in [2.24, 2.45) is 0 Å². The number of aryl methyl sites for hydroxylation is 1. The van der Waals surface area contributed by atoms with E-state index in [2.05, 4.69) is 0 Å². The van der Waals surface area contributed by atoms with Crippen molar-refractivity contribution in [2.75, 3.05) is 0 Å². The largest absolute Gasteiger partial charge is 0.389 e. The summed E-state index contributed by atoms with van der Waals surface area (Å²) in [5, 5.41) is 0. The quantitative estimate of drug-likeness (QED) is 0.692. The summed E-state index contributed by atoms with van der Waals surface area (Å²) in [6, 6.07) is 3.21. The molecule has 0 atom stereocenters. The van der Waals surface area contributed by atoms with E-state index in [0.29, 0.717) is 12.0 Å². The minimum Gasteiger partial charge on any atom is -0.345 e. The second-order valence-electron chi connectivity index (χ2n) is 2.96. The van der Waals surface area contributed by atoms with Gasteiger partial charge in [-0.3, -0.25) is 4.79 Å². The number of halogens is 3. The lowest BCUT2D eigenvalue weighted by atomic mass is 10.3. The molecular formula is C9H10F3NO. The van der Waals surface area contributed by atoms with Crippen LogP contribution >= 0.6 is 0 Å². The minimum atomic E-state index is -4.12. The monoisotopic (exact) mass is 205 g/mol. The van der Waals surface area contributed by atoms with Gasteiger partial charge < -0.3 is 4.57 Å². The highest BCUT2D eigenvalue weighted by atomic mass is 19.4. The zero-order chi connectivity index (χ0) is 10.6. The molecule has 0 N–H and O–H groups in total. The number of hydrogen-bond donors (Lipinski definition) is 0. The zero-order valence-corrected chi connectivity index (χ0v) is 7.42. The van der Waals surface area contributed by atoms with Crippen molar-refractivity contribution < 1.29 is 18.0 Å². The van der Waals surface area contributed by atoms with Crippen LogP contribution in [-0.4, -0.2) is 17.0 Å². The second-order valence-corrected chi connectivity index (χ2v) is 2.96. The molecule has 0 spiro atoms. The molecule has 0 saturated heterocycles. The van der Waals surface area contributed by atoms with Gasteiger partial charge in [0, 0.05) is 19.2 Å². The molecule has 0 aliphatic carbocycles. The highest BCUT2D eigenvalue weighted by molar-refractivity contribution is 5.72. The van der Waals surface area contributed by atoms with E-state index in [1.807, 2.05) is 0 Å². The first-order chi connectivity index (χ1) is 6.53. The SMILES string of the molecule is O=Cc1cccn1CCCC(F)(F)F. The van der Waals surface area contributed by atoms with Gasteiger partial charge in [-0.2, -0.15) is 13.2 Å². The van der Waals surface area contributed by atoms with Gasteiger partial charge in [-0.1, -0.05) is 0 Å². The molecule has 0 radical (unpaired) electrons. The first kappa shape index (κ1) is 10.8. The lowest BCUT2D eigenvalue weighted by molar-refractivity contribution is -0.135. The number of hydrogen-bond acceptors (Lipinski definition) is 1. The topological polar surface area (TPSA) is 22.0 Å². The smallest absolute Gasteiger partial charge is 0.345 e. The Hall–Kier alpha value is -1.26. The number of carbonyl (C=O) groups is 1. The summed E-state index contributed by atoms with van der Waals surface area (Å²) in [5.74, 6) is 0. The van der Waals surface area contributed by atoms with Crippen LogP contribution in [-0.2, 0) is 6.54 Å². The van der Waals surface area contributed by atoms with Crippen molar-refractivity contribution in [2.45, 2.75) is 25.6 Å². The van der Waals surface area contributed by atoms with Gasteiger partial charge in [-0.25, -0.2) is 0 Å². The predicted octanol–water partition coefficient (Wildman–Crippen LogP) is 2.64. The van der Waals surface area contributed by atoms with Crippen LogP contribution in [0.1, 0.15) is 23.3 Å². The van der Waals surface area contributed by atoms with Gasteiger partial charge in [-0.05, 0) is 18.6 Å². The fourth-order valence-corrected chi connectivity index (χ4v) is 1.19. The third-order valence-electron chi connectivity index (χ3n) is 1.84. The molecule has 2 nitrogen and oxygen atoms in total. The van der Waals surface area contributed by atoms with Crippen molar-refractivity contribution in [3.05, 3.63) is 24.0 Å². The lowest BCUT2D eigenvalue weighted by Gasteiger charge is -2.07. The maximum atomic E-state index is 11.8. The van der Waals surface area contributed by atoms with Crippen molar-refractivity contribution >= 4 is 6.29 Å². The Morgan fingerprint density at radius 2 is 2.14 bits per heavy atom. The average molecular weight is 205 g/mol. The van der Waals surface area contributed by atoms with Gasteiger partial charge in [0.25, 0.3) is 0 Å². The van der Waals surface area contributed by atoms with Crippen molar-refractivity contribution in [3.8, 4) is 0 Å². The fraction of sp³-hybridized carbons (Fsp3) is 0.444. The van der Waals surface area contributed by atoms with E-state index in [4.69, 9.17) is 0 Å². The Morgan fingerprint density at radius 3 is 2.71 bits per heavy atom. The lowest BCUT2D eigenvalue weighted by Crippen LogP contribution is -2.09. The van der Waals surface area contributed by atoms with E-state index >= 15 is 0 Å². The Balaban J connectivity index is 2.42. The first-order valence-electron chi connectivity index (χ1n) is 4.20. The Morgan fingerprint density at radius 1 is 1.43 bits per heavy atom. The van der Waals surface area contributed by atoms with Gasteiger partial charge in [0.15, 0.2) is 6.29 Å². The highest BCUT2D eigenvalue weighted by Gasteiger charge is 2.25. The summed E-state index contributed by atoms with van der Waals surface area (Å²) in [6.45, 7) is 0.223. The van der Waals surface area contributed by atoms with E-state index < -0.39 is 12.6 Å². The normalized spacial score (nSPS) is 11.6. The summed E-state index contributed by atoms with van der Waals surface area (Å²) < 4.78 is 36.9. The minimum absolute atomic E-state index is 0.000972. The van der Waals surface area contributed by atoms with Crippen molar-refractivity contribution in [1.82, 2.24) is 4.57 Å². The molecule has 0 aliphatic heterocycles. The third kappa shape index (κ3) is 3.24. The van der Waals surface area contributed by atoms with Gasteiger partial charge in [-0.15, -0.1) is 0 Å². The van der Waals surface area contributed by atoms with Crippen LogP contribution in [0, 0.1) is 0 Å². The molecule has 78 valence electrons. The van der Waals surface area contributed by atoms with Crippen LogP contribution < -0.4 is 0 Å². The summed E-state index contributed by atoms with van der Waals surface area (Å²) in [5.41, 5.74) is 0.409. The highest BCUT2D eigenvalue weighted by Crippen LogP contribution is 2.21. The van der Waals surface area contributed by atoms with E-state index in [1.54, 1.807) is 18.3 Å². The molecule has 0 bridgehead atoms. The predicted molar refractivity (Wildman–Crippen MR) is 45.1 cm³/mol. The van der Waals surface area contributed by atoms with Gasteiger partial charge in [0.1, 0.15) is 0 Å². The molecule has 1 aromatic heterocycles. The van der Waals surface area contributed by atoms with Crippen LogP contribution in [0.4, 0.5) is 13.2 Å². The standard InChI is InChI=1S/C9H10F3NO/c10-9(11,12)4-2-6-13-5-1-3-8(13)7-14/h1,3,5,7H,2,4,6H2. The van der Waals surface area contributed by atoms with E-state index in [9.17, 15) is 18.0 Å². The summed E-state index contributed by atoms with van der Waals surface area (Å²) in [4.78, 5) is 10.4. The molecule has 0 amide bonds. The maximum Gasteiger partial charge on any atom is 0.389 e. The van der Waals surface area contributed by atoms with Crippen LogP contribution in [0.2, 0.25) is 0 Å². The summed E-state index contributed by atoms with van der Waals surface area (Å²) >= 11 is 0. The second kappa shape index (κ2) is 4.30. The number of nitrogens with zero attached hydrogens (tertiary/aromatic N) is 1. The zero-order valence-electron chi connectivity index (χ0n) is 7.42. The fourth-order valence-electron chi connectivity index (χ4n) is 1.19. The average Bonchev–Trinajstić information content (AvgIpc) is 2.49. The van der Waals surface area contributed by atoms with E-state index in [0.717, 1.165) is 0 Å². The number of aldehydes is 1. The Kier molecular flexibility index (Phi) is 3.33. The molecule has 5 heteroatoms. The van der Waals surface area contributed by atoms with Crippen LogP contribution in [0.3, 0.4) is 0 Å². The first-order valence-corrected chi connectivity index (χ1v) is 4.20. The number of rotatable bonds is 4. The number of carbonyl (C=O) groups excluding carboxylic acids is 1. The summed E-state index contributed by atoms with van der Waals surface area (Å²) in [7, 11) is 0. The number of aromatic nitrogens is 1. The molecule has 1 rings (SSSR count). The molecule has 14 heavy (non-hydrogen) atoms. The van der Waals surface area contributed by atoms with Crippen LogP contribution in [0.25, 0.3) is 0 Å².